The van der Waals surface area contributed by atoms with Crippen molar-refractivity contribution in [3.05, 3.63) is 47.0 Å². The summed E-state index contributed by atoms with van der Waals surface area (Å²) in [4.78, 5) is 34.6. The third-order valence-corrected chi connectivity index (χ3v) is 4.22. The van der Waals surface area contributed by atoms with Gasteiger partial charge in [0.2, 0.25) is 5.91 Å². The van der Waals surface area contributed by atoms with Crippen LogP contribution in [0.3, 0.4) is 0 Å². The molecule has 0 heterocycles. The van der Waals surface area contributed by atoms with Gasteiger partial charge in [-0.3, -0.25) is 9.59 Å². The third kappa shape index (κ3) is 7.09. The fraction of sp³-hybridized carbons (Fsp3) is 0.450. The molecule has 0 spiro atoms. The summed E-state index contributed by atoms with van der Waals surface area (Å²) in [5.41, 5.74) is 2.65. The van der Waals surface area contributed by atoms with Crippen molar-refractivity contribution >= 4 is 17.8 Å². The molecule has 0 fully saturated rings. The zero-order chi connectivity index (χ0) is 18.8. The number of ether oxygens (including phenoxy) is 1. The molecule has 1 aliphatic carbocycles. The molecular formula is C20H26N2O4. The van der Waals surface area contributed by atoms with Crippen LogP contribution in [-0.4, -0.2) is 30.9 Å². The lowest BCUT2D eigenvalue weighted by molar-refractivity contribution is -0.124. The highest BCUT2D eigenvalue weighted by Gasteiger charge is 2.10. The van der Waals surface area contributed by atoms with Gasteiger partial charge in [-0.05, 0) is 49.8 Å². The molecule has 1 aromatic carbocycles. The smallest absolute Gasteiger partial charge is 0.338 e. The summed E-state index contributed by atoms with van der Waals surface area (Å²) in [7, 11) is 0. The number of esters is 1. The van der Waals surface area contributed by atoms with Crippen molar-refractivity contribution in [2.75, 3.05) is 13.2 Å². The molecule has 140 valence electrons. The van der Waals surface area contributed by atoms with Crippen LogP contribution in [0.1, 0.15) is 54.9 Å². The summed E-state index contributed by atoms with van der Waals surface area (Å²) >= 11 is 0. The Balaban J connectivity index is 1.67. The van der Waals surface area contributed by atoms with E-state index >= 15 is 0 Å². The van der Waals surface area contributed by atoms with Crippen molar-refractivity contribution in [1.82, 2.24) is 10.6 Å². The Labute approximate surface area is 154 Å². The molecule has 2 N–H and O–H groups in total. The fourth-order valence-electron chi connectivity index (χ4n) is 2.74. The average Bonchev–Trinajstić information content (AvgIpc) is 2.65. The standard InChI is InChI=1S/C20H26N2O4/c1-15(23)22-13-17-7-9-18(10-8-17)20(25)26-14-19(24)21-12-11-16-5-3-2-4-6-16/h5,7-10H,2-4,6,11-14H2,1H3,(H,21,24)(H,22,23). The molecule has 0 atom stereocenters. The zero-order valence-corrected chi connectivity index (χ0v) is 15.2. The van der Waals surface area contributed by atoms with Crippen LogP contribution >= 0.6 is 0 Å². The van der Waals surface area contributed by atoms with Gasteiger partial charge in [0.25, 0.3) is 5.91 Å². The topological polar surface area (TPSA) is 84.5 Å². The zero-order valence-electron chi connectivity index (χ0n) is 15.2. The SMILES string of the molecule is CC(=O)NCc1ccc(C(=O)OCC(=O)NCCC2=CCCCC2)cc1. The van der Waals surface area contributed by atoms with E-state index < -0.39 is 5.97 Å². The third-order valence-electron chi connectivity index (χ3n) is 4.22. The Morgan fingerprint density at radius 1 is 1.08 bits per heavy atom. The Morgan fingerprint density at radius 3 is 2.50 bits per heavy atom. The first-order valence-electron chi connectivity index (χ1n) is 8.99. The number of benzene rings is 1. The molecule has 0 aromatic heterocycles. The predicted molar refractivity (Wildman–Crippen MR) is 98.4 cm³/mol. The van der Waals surface area contributed by atoms with Gasteiger partial charge in [-0.15, -0.1) is 0 Å². The lowest BCUT2D eigenvalue weighted by atomic mass is 9.97. The molecule has 1 aromatic rings. The molecule has 0 radical (unpaired) electrons. The summed E-state index contributed by atoms with van der Waals surface area (Å²) in [6, 6.07) is 6.72. The van der Waals surface area contributed by atoms with Crippen LogP contribution in [0.25, 0.3) is 0 Å². The Bertz CT molecular complexity index is 665. The minimum atomic E-state index is -0.541. The molecule has 0 saturated carbocycles. The molecule has 0 saturated heterocycles. The quantitative estimate of drug-likeness (QED) is 0.552. The first-order valence-corrected chi connectivity index (χ1v) is 8.99. The van der Waals surface area contributed by atoms with Crippen LogP contribution in [-0.2, 0) is 20.9 Å². The molecule has 0 aliphatic heterocycles. The Hall–Kier alpha value is -2.63. The molecule has 0 unspecified atom stereocenters. The van der Waals surface area contributed by atoms with E-state index in [2.05, 4.69) is 16.7 Å². The lowest BCUT2D eigenvalue weighted by Gasteiger charge is -2.13. The van der Waals surface area contributed by atoms with Crippen molar-refractivity contribution in [1.29, 1.82) is 0 Å². The van der Waals surface area contributed by atoms with E-state index in [1.165, 1.54) is 25.3 Å². The minimum absolute atomic E-state index is 0.112. The maximum atomic E-state index is 12.0. The molecule has 2 amide bonds. The van der Waals surface area contributed by atoms with Crippen molar-refractivity contribution in [2.45, 2.75) is 45.6 Å². The fourth-order valence-corrected chi connectivity index (χ4v) is 2.74. The minimum Gasteiger partial charge on any atom is -0.452 e. The number of hydrogen-bond donors (Lipinski definition) is 2. The van der Waals surface area contributed by atoms with Crippen LogP contribution in [0, 0.1) is 0 Å². The monoisotopic (exact) mass is 358 g/mol. The second-order valence-corrected chi connectivity index (χ2v) is 6.39. The van der Waals surface area contributed by atoms with Gasteiger partial charge in [0.15, 0.2) is 6.61 Å². The predicted octanol–water partition coefficient (Wildman–Crippen LogP) is 2.49. The van der Waals surface area contributed by atoms with Gasteiger partial charge in [0.05, 0.1) is 5.56 Å². The number of amides is 2. The number of hydrogen-bond acceptors (Lipinski definition) is 4. The van der Waals surface area contributed by atoms with E-state index in [1.54, 1.807) is 24.3 Å². The van der Waals surface area contributed by atoms with E-state index in [-0.39, 0.29) is 18.4 Å². The number of carbonyl (C=O) groups excluding carboxylic acids is 3. The summed E-state index contributed by atoms with van der Waals surface area (Å²) in [5, 5.41) is 5.46. The van der Waals surface area contributed by atoms with Gasteiger partial charge in [-0.1, -0.05) is 23.8 Å². The first-order chi connectivity index (χ1) is 12.5. The van der Waals surface area contributed by atoms with Gasteiger partial charge in [0.1, 0.15) is 0 Å². The van der Waals surface area contributed by atoms with E-state index in [4.69, 9.17) is 4.74 Å². The molecule has 6 heteroatoms. The van der Waals surface area contributed by atoms with E-state index in [0.29, 0.717) is 18.7 Å². The van der Waals surface area contributed by atoms with Gasteiger partial charge >= 0.3 is 5.97 Å². The summed E-state index contributed by atoms with van der Waals surface area (Å²) in [6.45, 7) is 2.14. The number of rotatable bonds is 8. The van der Waals surface area contributed by atoms with Gasteiger partial charge < -0.3 is 15.4 Å². The van der Waals surface area contributed by atoms with Gasteiger partial charge in [-0.2, -0.15) is 0 Å². The summed E-state index contributed by atoms with van der Waals surface area (Å²) in [5.74, 6) is -0.947. The average molecular weight is 358 g/mol. The Morgan fingerprint density at radius 2 is 1.85 bits per heavy atom. The number of allylic oxidation sites excluding steroid dienone is 1. The van der Waals surface area contributed by atoms with E-state index in [0.717, 1.165) is 24.8 Å². The maximum Gasteiger partial charge on any atom is 0.338 e. The van der Waals surface area contributed by atoms with Crippen molar-refractivity contribution in [3.8, 4) is 0 Å². The first kappa shape index (κ1) is 19.7. The van der Waals surface area contributed by atoms with Crippen molar-refractivity contribution in [2.24, 2.45) is 0 Å². The Kier molecular flexibility index (Phi) is 7.86. The molecule has 2 rings (SSSR count). The summed E-state index contributed by atoms with van der Waals surface area (Å²) < 4.78 is 5.04. The van der Waals surface area contributed by atoms with Crippen LogP contribution in [0.4, 0.5) is 0 Å². The highest BCUT2D eigenvalue weighted by molar-refractivity contribution is 5.91. The van der Waals surface area contributed by atoms with Crippen LogP contribution in [0.2, 0.25) is 0 Å². The van der Waals surface area contributed by atoms with Gasteiger partial charge in [0, 0.05) is 20.0 Å². The van der Waals surface area contributed by atoms with Crippen molar-refractivity contribution in [3.63, 3.8) is 0 Å². The number of carbonyl (C=O) groups is 3. The highest BCUT2D eigenvalue weighted by Crippen LogP contribution is 2.19. The van der Waals surface area contributed by atoms with Crippen LogP contribution < -0.4 is 10.6 Å². The van der Waals surface area contributed by atoms with E-state index in [1.807, 2.05) is 0 Å². The molecular weight excluding hydrogens is 332 g/mol. The second kappa shape index (κ2) is 10.4. The maximum absolute atomic E-state index is 12.0. The van der Waals surface area contributed by atoms with Crippen molar-refractivity contribution < 1.29 is 19.1 Å². The van der Waals surface area contributed by atoms with Gasteiger partial charge in [-0.25, -0.2) is 4.79 Å². The molecule has 6 nitrogen and oxygen atoms in total. The van der Waals surface area contributed by atoms with E-state index in [9.17, 15) is 14.4 Å². The number of nitrogens with one attached hydrogen (secondary N) is 2. The second-order valence-electron chi connectivity index (χ2n) is 6.39. The largest absolute Gasteiger partial charge is 0.452 e. The van der Waals surface area contributed by atoms with Crippen LogP contribution in [0.15, 0.2) is 35.9 Å². The van der Waals surface area contributed by atoms with Crippen LogP contribution in [0.5, 0.6) is 0 Å². The molecule has 0 bridgehead atoms. The molecule has 26 heavy (non-hydrogen) atoms. The summed E-state index contributed by atoms with van der Waals surface area (Å²) in [6.07, 6.45) is 7.83. The normalized spacial score (nSPS) is 13.5. The highest BCUT2D eigenvalue weighted by atomic mass is 16.5. The lowest BCUT2D eigenvalue weighted by Crippen LogP contribution is -2.29. The molecule has 1 aliphatic rings.